The second kappa shape index (κ2) is 2.73. The van der Waals surface area contributed by atoms with Gasteiger partial charge in [0.05, 0.1) is 17.4 Å². The maximum atomic E-state index is 4.21. The van der Waals surface area contributed by atoms with Crippen LogP contribution in [0.25, 0.3) is 0 Å². The smallest absolute Gasteiger partial charge is 0.138 e. The monoisotopic (exact) mass is 268 g/mol. The van der Waals surface area contributed by atoms with Crippen LogP contribution in [0.1, 0.15) is 26.5 Å². The van der Waals surface area contributed by atoms with Crippen molar-refractivity contribution >= 4 is 34.3 Å². The van der Waals surface area contributed by atoms with Crippen LogP contribution in [-0.2, 0) is 5.41 Å². The fraction of sp³-hybridized carbons (Fsp3) is 0.667. The maximum Gasteiger partial charge on any atom is 0.138 e. The summed E-state index contributed by atoms with van der Waals surface area (Å²) in [5, 5.41) is 0. The molecule has 0 saturated heterocycles. The van der Waals surface area contributed by atoms with Gasteiger partial charge in [-0.15, -0.1) is 0 Å². The lowest BCUT2D eigenvalue weighted by Crippen LogP contribution is -2.13. The van der Waals surface area contributed by atoms with Crippen LogP contribution in [0.2, 0.25) is 0 Å². The molecule has 56 valence electrons. The molecule has 0 N–H and O–H groups in total. The molecular formula is C6H9IN2S. The van der Waals surface area contributed by atoms with Gasteiger partial charge in [0.15, 0.2) is 0 Å². The average Bonchev–Trinajstić information content (AvgIpc) is 2.11. The first-order valence-corrected chi connectivity index (χ1v) is 4.81. The quantitative estimate of drug-likeness (QED) is 0.675. The van der Waals surface area contributed by atoms with Crippen molar-refractivity contribution in [1.29, 1.82) is 0 Å². The van der Waals surface area contributed by atoms with Crippen molar-refractivity contribution in [2.24, 2.45) is 0 Å². The molecule has 0 bridgehead atoms. The second-order valence-electron chi connectivity index (χ2n) is 3.15. The van der Waals surface area contributed by atoms with Gasteiger partial charge >= 0.3 is 0 Å². The number of hydrogen-bond acceptors (Lipinski definition) is 3. The summed E-state index contributed by atoms with van der Waals surface area (Å²) < 4.78 is 9.35. The van der Waals surface area contributed by atoms with E-state index in [0.29, 0.717) is 0 Å². The first kappa shape index (κ1) is 8.39. The van der Waals surface area contributed by atoms with Crippen molar-refractivity contribution in [3.8, 4) is 0 Å². The third-order valence-corrected chi connectivity index (χ3v) is 2.77. The molecule has 0 amide bonds. The van der Waals surface area contributed by atoms with Crippen molar-refractivity contribution in [2.75, 3.05) is 0 Å². The highest BCUT2D eigenvalue weighted by molar-refractivity contribution is 14.1. The van der Waals surface area contributed by atoms with Crippen LogP contribution in [0.4, 0.5) is 0 Å². The largest absolute Gasteiger partial charge is 0.176 e. The summed E-state index contributed by atoms with van der Waals surface area (Å²) >= 11 is 3.50. The fourth-order valence-electron chi connectivity index (χ4n) is 0.624. The van der Waals surface area contributed by atoms with Crippen LogP contribution in [0, 0.1) is 3.70 Å². The lowest BCUT2D eigenvalue weighted by Gasteiger charge is -2.14. The zero-order chi connectivity index (χ0) is 7.78. The molecule has 1 aromatic rings. The van der Waals surface area contributed by atoms with E-state index in [4.69, 9.17) is 0 Å². The summed E-state index contributed by atoms with van der Waals surface area (Å²) in [5.74, 6) is 0. The van der Waals surface area contributed by atoms with Crippen molar-refractivity contribution in [1.82, 2.24) is 8.75 Å². The van der Waals surface area contributed by atoms with Crippen molar-refractivity contribution in [3.05, 3.63) is 9.39 Å². The molecule has 0 atom stereocenters. The Morgan fingerprint density at radius 1 is 1.30 bits per heavy atom. The van der Waals surface area contributed by atoms with Crippen LogP contribution in [-0.4, -0.2) is 8.75 Å². The van der Waals surface area contributed by atoms with Gasteiger partial charge in [0, 0.05) is 5.41 Å². The first-order chi connectivity index (χ1) is 4.52. The van der Waals surface area contributed by atoms with E-state index in [-0.39, 0.29) is 5.41 Å². The Morgan fingerprint density at radius 2 is 1.90 bits per heavy atom. The Morgan fingerprint density at radius 3 is 2.10 bits per heavy atom. The Kier molecular flexibility index (Phi) is 2.29. The first-order valence-electron chi connectivity index (χ1n) is 3.00. The standard InChI is InChI=1S/C6H9IN2S/c1-6(2,3)4-5(7)9-10-8-4/h1-3H3. The molecule has 0 saturated carbocycles. The number of rotatable bonds is 0. The van der Waals surface area contributed by atoms with Crippen LogP contribution in [0.15, 0.2) is 0 Å². The molecule has 0 aliphatic carbocycles. The summed E-state index contributed by atoms with van der Waals surface area (Å²) in [7, 11) is 0. The maximum absolute atomic E-state index is 4.21. The molecule has 4 heteroatoms. The summed E-state index contributed by atoms with van der Waals surface area (Å²) in [4.78, 5) is 0. The number of nitrogens with zero attached hydrogens (tertiary/aromatic N) is 2. The lowest BCUT2D eigenvalue weighted by atomic mass is 9.93. The van der Waals surface area contributed by atoms with E-state index in [0.717, 1.165) is 9.39 Å². The molecule has 2 nitrogen and oxygen atoms in total. The molecule has 1 rings (SSSR count). The third-order valence-electron chi connectivity index (χ3n) is 1.16. The molecule has 0 aromatic carbocycles. The van der Waals surface area contributed by atoms with Crippen LogP contribution in [0.5, 0.6) is 0 Å². The van der Waals surface area contributed by atoms with E-state index in [9.17, 15) is 0 Å². The van der Waals surface area contributed by atoms with Crippen LogP contribution < -0.4 is 0 Å². The molecule has 1 heterocycles. The molecule has 10 heavy (non-hydrogen) atoms. The van der Waals surface area contributed by atoms with E-state index in [1.807, 2.05) is 0 Å². The number of aromatic nitrogens is 2. The molecule has 0 unspecified atom stereocenters. The Balaban J connectivity index is 3.05. The van der Waals surface area contributed by atoms with Gasteiger partial charge in [0.1, 0.15) is 3.70 Å². The van der Waals surface area contributed by atoms with Gasteiger partial charge < -0.3 is 0 Å². The van der Waals surface area contributed by atoms with Gasteiger partial charge in [0.2, 0.25) is 0 Å². The van der Waals surface area contributed by atoms with Gasteiger partial charge in [-0.1, -0.05) is 20.8 Å². The van der Waals surface area contributed by atoms with E-state index >= 15 is 0 Å². The molecule has 1 aromatic heterocycles. The van der Waals surface area contributed by atoms with Gasteiger partial charge in [-0.05, 0) is 22.6 Å². The SMILES string of the molecule is CC(C)(C)c1nsnc1I. The molecule has 0 radical (unpaired) electrons. The number of halogens is 1. The van der Waals surface area contributed by atoms with Crippen LogP contribution in [0.3, 0.4) is 0 Å². The predicted octanol–water partition coefficient (Wildman–Crippen LogP) is 2.44. The van der Waals surface area contributed by atoms with Crippen molar-refractivity contribution in [3.63, 3.8) is 0 Å². The predicted molar refractivity (Wildman–Crippen MR) is 51.3 cm³/mol. The highest BCUT2D eigenvalue weighted by Gasteiger charge is 2.20. The van der Waals surface area contributed by atoms with Crippen LogP contribution >= 0.6 is 34.3 Å². The Hall–Kier alpha value is 0.290. The number of hydrogen-bond donors (Lipinski definition) is 0. The molecule has 0 spiro atoms. The summed E-state index contributed by atoms with van der Waals surface area (Å²) in [6, 6.07) is 0. The third kappa shape index (κ3) is 1.66. The van der Waals surface area contributed by atoms with E-state index in [1.54, 1.807) is 0 Å². The summed E-state index contributed by atoms with van der Waals surface area (Å²) in [6.45, 7) is 6.43. The fourth-order valence-corrected chi connectivity index (χ4v) is 2.62. The normalized spacial score (nSPS) is 12.0. The van der Waals surface area contributed by atoms with Gasteiger partial charge in [0.25, 0.3) is 0 Å². The minimum atomic E-state index is 0.142. The minimum Gasteiger partial charge on any atom is -0.176 e. The van der Waals surface area contributed by atoms with Crippen molar-refractivity contribution in [2.45, 2.75) is 26.2 Å². The second-order valence-corrected chi connectivity index (χ2v) is 4.70. The highest BCUT2D eigenvalue weighted by atomic mass is 127. The van der Waals surface area contributed by atoms with Crippen molar-refractivity contribution < 1.29 is 0 Å². The topological polar surface area (TPSA) is 25.8 Å². The summed E-state index contributed by atoms with van der Waals surface area (Å²) in [5.41, 5.74) is 1.25. The van der Waals surface area contributed by atoms with E-state index in [2.05, 4.69) is 52.1 Å². The van der Waals surface area contributed by atoms with Gasteiger partial charge in [-0.25, -0.2) is 0 Å². The average molecular weight is 268 g/mol. The Bertz CT molecular complexity index is 226. The molecule has 0 aliphatic rings. The molecule has 0 fully saturated rings. The van der Waals surface area contributed by atoms with Gasteiger partial charge in [-0.3, -0.25) is 0 Å². The zero-order valence-electron chi connectivity index (χ0n) is 6.18. The van der Waals surface area contributed by atoms with E-state index in [1.165, 1.54) is 11.7 Å². The van der Waals surface area contributed by atoms with E-state index < -0.39 is 0 Å². The van der Waals surface area contributed by atoms with Gasteiger partial charge in [-0.2, -0.15) is 8.75 Å². The molecule has 0 aliphatic heterocycles. The highest BCUT2D eigenvalue weighted by Crippen LogP contribution is 2.24. The minimum absolute atomic E-state index is 0.142. The molecular weight excluding hydrogens is 259 g/mol. The Labute approximate surface area is 78.5 Å². The zero-order valence-corrected chi connectivity index (χ0v) is 9.15. The summed E-state index contributed by atoms with van der Waals surface area (Å²) in [6.07, 6.45) is 0. The lowest BCUT2D eigenvalue weighted by molar-refractivity contribution is 0.570.